The van der Waals surface area contributed by atoms with E-state index >= 15 is 0 Å². The van der Waals surface area contributed by atoms with Crippen molar-refractivity contribution in [2.24, 2.45) is 0 Å². The van der Waals surface area contributed by atoms with Gasteiger partial charge < -0.3 is 10.2 Å². The summed E-state index contributed by atoms with van der Waals surface area (Å²) < 4.78 is 24.0. The van der Waals surface area contributed by atoms with Crippen LogP contribution in [0.15, 0.2) is 63.5 Å². The molecule has 5 nitrogen and oxygen atoms in total. The average Bonchev–Trinajstić information content (AvgIpc) is 2.54. The van der Waals surface area contributed by atoms with Crippen molar-refractivity contribution in [3.8, 4) is 0 Å². The van der Waals surface area contributed by atoms with Crippen molar-refractivity contribution in [1.82, 2.24) is 0 Å². The zero-order valence-electron chi connectivity index (χ0n) is 13.4. The highest BCUT2D eigenvalue weighted by Crippen LogP contribution is 2.31. The number of hydrogen-bond donors (Lipinski definition) is 2. The molecule has 2 aromatic carbocycles. The summed E-state index contributed by atoms with van der Waals surface area (Å²) in [6, 6.07) is 13.2. The van der Waals surface area contributed by atoms with Crippen molar-refractivity contribution in [3.05, 3.63) is 69.7 Å². The van der Waals surface area contributed by atoms with Gasteiger partial charge in [-0.1, -0.05) is 40.2 Å². The van der Waals surface area contributed by atoms with E-state index in [1.54, 1.807) is 30.3 Å². The van der Waals surface area contributed by atoms with Gasteiger partial charge in [0.1, 0.15) is 0 Å². The first-order chi connectivity index (χ1) is 11.7. The number of carboxylic acid groups (broad SMARTS) is 1. The third kappa shape index (κ3) is 4.78. The van der Waals surface area contributed by atoms with Crippen LogP contribution in [-0.2, 0) is 14.6 Å². The third-order valence-corrected chi connectivity index (χ3v) is 5.23. The highest BCUT2D eigenvalue weighted by molar-refractivity contribution is 9.10. The Hall–Kier alpha value is -1.96. The summed E-state index contributed by atoms with van der Waals surface area (Å²) >= 11 is 3.37. The van der Waals surface area contributed by atoms with E-state index in [-0.39, 0.29) is 23.5 Å². The van der Waals surface area contributed by atoms with Gasteiger partial charge in [0.05, 0.1) is 4.90 Å². The Morgan fingerprint density at radius 2 is 1.72 bits per heavy atom. The number of carbonyl (C=O) groups is 1. The molecule has 2 N–H and O–H groups in total. The van der Waals surface area contributed by atoms with Gasteiger partial charge in [-0.3, -0.25) is 0 Å². The van der Waals surface area contributed by atoms with Crippen molar-refractivity contribution < 1.29 is 23.4 Å². The summed E-state index contributed by atoms with van der Waals surface area (Å²) in [6.07, 6.45) is 1.09. The minimum Gasteiger partial charge on any atom is -0.478 e. The molecule has 0 aliphatic carbocycles. The molecule has 0 amide bonds. The van der Waals surface area contributed by atoms with Gasteiger partial charge in [-0.2, -0.15) is 0 Å². The third-order valence-electron chi connectivity index (χ3n) is 3.61. The number of halogens is 1. The van der Waals surface area contributed by atoms with Gasteiger partial charge in [0.15, 0.2) is 9.84 Å². The molecule has 132 valence electrons. The quantitative estimate of drug-likeness (QED) is 0.694. The molecule has 0 radical (unpaired) electrons. The van der Waals surface area contributed by atoms with Gasteiger partial charge in [0, 0.05) is 29.3 Å². The van der Waals surface area contributed by atoms with Crippen molar-refractivity contribution >= 4 is 37.3 Å². The minimum absolute atomic E-state index is 0.0228. The van der Waals surface area contributed by atoms with E-state index in [2.05, 4.69) is 15.9 Å². The normalized spacial score (nSPS) is 12.6. The highest BCUT2D eigenvalue weighted by atomic mass is 79.9. The van der Waals surface area contributed by atoms with E-state index in [1.165, 1.54) is 12.1 Å². The van der Waals surface area contributed by atoms with Gasteiger partial charge in [0.2, 0.25) is 0 Å². The first kappa shape index (κ1) is 19.4. The van der Waals surface area contributed by atoms with Crippen LogP contribution in [-0.4, -0.2) is 37.5 Å². The molecule has 0 fully saturated rings. The highest BCUT2D eigenvalue weighted by Gasteiger charge is 2.18. The van der Waals surface area contributed by atoms with E-state index in [1.807, 2.05) is 6.07 Å². The monoisotopic (exact) mass is 424 g/mol. The molecule has 0 unspecified atom stereocenters. The number of aliphatic hydroxyl groups excluding tert-OH is 1. The average molecular weight is 425 g/mol. The zero-order chi connectivity index (χ0) is 18.6. The van der Waals surface area contributed by atoms with Gasteiger partial charge >= 0.3 is 5.97 Å². The van der Waals surface area contributed by atoms with Crippen LogP contribution in [0.4, 0.5) is 0 Å². The van der Waals surface area contributed by atoms with Crippen LogP contribution in [0.3, 0.4) is 0 Å². The minimum atomic E-state index is -3.34. The lowest BCUT2D eigenvalue weighted by Gasteiger charge is -2.14. The molecule has 0 heterocycles. The topological polar surface area (TPSA) is 91.7 Å². The summed E-state index contributed by atoms with van der Waals surface area (Å²) in [4.78, 5) is 11.9. The lowest BCUT2D eigenvalue weighted by molar-refractivity contribution is -0.132. The lowest BCUT2D eigenvalue weighted by atomic mass is 9.91. The maximum atomic E-state index is 11.7. The van der Waals surface area contributed by atoms with Gasteiger partial charge in [0.25, 0.3) is 0 Å². The molecule has 0 saturated heterocycles. The second-order valence-electron chi connectivity index (χ2n) is 5.44. The molecular formula is C18H17BrO5S. The smallest absolute Gasteiger partial charge is 0.332 e. The van der Waals surface area contributed by atoms with Crippen molar-refractivity contribution in [2.45, 2.75) is 11.3 Å². The maximum Gasteiger partial charge on any atom is 0.332 e. The van der Waals surface area contributed by atoms with Crippen molar-refractivity contribution in [1.29, 1.82) is 0 Å². The number of carboxylic acids is 1. The van der Waals surface area contributed by atoms with Gasteiger partial charge in [-0.25, -0.2) is 13.2 Å². The molecule has 0 aliphatic heterocycles. The number of sulfone groups is 1. The van der Waals surface area contributed by atoms with Crippen LogP contribution in [0.25, 0.3) is 5.57 Å². The number of rotatable bonds is 6. The summed E-state index contributed by atoms with van der Waals surface area (Å²) in [7, 11) is -3.34. The van der Waals surface area contributed by atoms with E-state index in [9.17, 15) is 23.4 Å². The van der Waals surface area contributed by atoms with E-state index in [4.69, 9.17) is 0 Å². The maximum absolute atomic E-state index is 11.7. The number of aliphatic hydroxyl groups is 1. The predicted octanol–water partition coefficient (Wildman–Crippen LogP) is 3.12. The second kappa shape index (κ2) is 7.95. The molecule has 0 aromatic heterocycles. The van der Waals surface area contributed by atoms with E-state index in [0.29, 0.717) is 16.7 Å². The molecule has 0 atom stereocenters. The first-order valence-corrected chi connectivity index (χ1v) is 10.1. The van der Waals surface area contributed by atoms with Gasteiger partial charge in [-0.05, 0) is 41.0 Å². The fraction of sp³-hybridized carbons (Fsp3) is 0.167. The largest absolute Gasteiger partial charge is 0.478 e. The predicted molar refractivity (Wildman–Crippen MR) is 99.1 cm³/mol. The Morgan fingerprint density at radius 3 is 2.20 bits per heavy atom. The second-order valence-corrected chi connectivity index (χ2v) is 8.37. The van der Waals surface area contributed by atoms with Crippen LogP contribution in [0, 0.1) is 0 Å². The zero-order valence-corrected chi connectivity index (χ0v) is 15.8. The first-order valence-electron chi connectivity index (χ1n) is 7.37. The molecule has 0 bridgehead atoms. The standard InChI is InChI=1S/C18H17BrO5S/c1-25(23,24)15-7-5-12(6-8-15)17(16(9-10-20)18(21)22)13-3-2-4-14(19)11-13/h2-8,11,20H,9-10H2,1H3,(H,21,22). The van der Waals surface area contributed by atoms with Crippen molar-refractivity contribution in [2.75, 3.05) is 12.9 Å². The summed E-state index contributed by atoms with van der Waals surface area (Å²) in [5, 5.41) is 18.8. The van der Waals surface area contributed by atoms with Crippen LogP contribution in [0.5, 0.6) is 0 Å². The Labute approximate surface area is 154 Å². The molecule has 0 aliphatic rings. The van der Waals surface area contributed by atoms with Crippen LogP contribution in [0.2, 0.25) is 0 Å². The van der Waals surface area contributed by atoms with Crippen LogP contribution >= 0.6 is 15.9 Å². The summed E-state index contributed by atoms with van der Waals surface area (Å²) in [5.41, 5.74) is 1.74. The number of benzene rings is 2. The molecule has 25 heavy (non-hydrogen) atoms. The Bertz CT molecular complexity index is 915. The summed E-state index contributed by atoms with van der Waals surface area (Å²) in [6.45, 7) is -0.305. The Kier molecular flexibility index (Phi) is 6.16. The molecule has 0 spiro atoms. The number of aliphatic carboxylic acids is 1. The van der Waals surface area contributed by atoms with E-state index < -0.39 is 15.8 Å². The fourth-order valence-corrected chi connectivity index (χ4v) is 3.51. The SMILES string of the molecule is CS(=O)(=O)c1ccc(C(=C(CCO)C(=O)O)c2cccc(Br)c2)cc1. The molecule has 2 rings (SSSR count). The Balaban J connectivity index is 2.71. The molecule has 2 aromatic rings. The molecule has 0 saturated carbocycles. The Morgan fingerprint density at radius 1 is 1.08 bits per heavy atom. The van der Waals surface area contributed by atoms with Gasteiger partial charge in [-0.15, -0.1) is 0 Å². The fourth-order valence-electron chi connectivity index (χ4n) is 2.48. The van der Waals surface area contributed by atoms with Crippen LogP contribution < -0.4 is 0 Å². The molecular weight excluding hydrogens is 408 g/mol. The lowest BCUT2D eigenvalue weighted by Crippen LogP contribution is -2.08. The van der Waals surface area contributed by atoms with Crippen LogP contribution in [0.1, 0.15) is 17.5 Å². The summed E-state index contributed by atoms with van der Waals surface area (Å²) in [5.74, 6) is -1.13. The molecule has 7 heteroatoms. The van der Waals surface area contributed by atoms with Crippen molar-refractivity contribution in [3.63, 3.8) is 0 Å². The number of hydrogen-bond acceptors (Lipinski definition) is 4. The van der Waals surface area contributed by atoms with E-state index in [0.717, 1.165) is 10.7 Å².